The van der Waals surface area contributed by atoms with Crippen molar-refractivity contribution in [3.05, 3.63) is 28.5 Å². The van der Waals surface area contributed by atoms with E-state index in [0.717, 1.165) is 25.7 Å². The number of carbonyl (C=O) groups excluding carboxylic acids is 1. The van der Waals surface area contributed by atoms with Crippen LogP contribution in [0.2, 0.25) is 0 Å². The second kappa shape index (κ2) is 6.48. The van der Waals surface area contributed by atoms with Crippen LogP contribution in [0.5, 0.6) is 0 Å². The van der Waals surface area contributed by atoms with Gasteiger partial charge in [0.25, 0.3) is 5.91 Å². The number of aliphatic hydroxyl groups is 1. The van der Waals surface area contributed by atoms with Crippen molar-refractivity contribution in [2.24, 2.45) is 0 Å². The molecule has 1 heterocycles. The van der Waals surface area contributed by atoms with Crippen LogP contribution in [0.1, 0.15) is 49.0 Å². The molecule has 104 valence electrons. The molecule has 5 heteroatoms. The highest BCUT2D eigenvalue weighted by Gasteiger charge is 2.28. The third-order valence-electron chi connectivity index (χ3n) is 3.56. The maximum Gasteiger partial charge on any atom is 0.270 e. The van der Waals surface area contributed by atoms with Crippen molar-refractivity contribution in [3.8, 4) is 0 Å². The zero-order valence-electron chi connectivity index (χ0n) is 10.9. The molecule has 0 unspecified atom stereocenters. The highest BCUT2D eigenvalue weighted by atomic mass is 79.9. The Morgan fingerprint density at radius 3 is 2.63 bits per heavy atom. The van der Waals surface area contributed by atoms with Gasteiger partial charge in [-0.15, -0.1) is 0 Å². The molecule has 1 aromatic rings. The predicted molar refractivity (Wildman–Crippen MR) is 76.9 cm³/mol. The van der Waals surface area contributed by atoms with Crippen LogP contribution in [-0.4, -0.2) is 28.1 Å². The van der Waals surface area contributed by atoms with Crippen molar-refractivity contribution in [1.29, 1.82) is 0 Å². The Kier molecular flexibility index (Phi) is 4.93. The molecule has 0 bridgehead atoms. The summed E-state index contributed by atoms with van der Waals surface area (Å²) in [5, 5.41) is 13.2. The minimum absolute atomic E-state index is 0.237. The number of nitrogens with zero attached hydrogens (tertiary/aromatic N) is 1. The smallest absolute Gasteiger partial charge is 0.270 e. The number of amides is 1. The number of hydrogen-bond acceptors (Lipinski definition) is 3. The van der Waals surface area contributed by atoms with E-state index >= 15 is 0 Å². The predicted octanol–water partition coefficient (Wildman–Crippen LogP) is 2.66. The Labute approximate surface area is 121 Å². The summed E-state index contributed by atoms with van der Waals surface area (Å²) in [6.07, 6.45) is 5.92. The first-order chi connectivity index (χ1) is 9.09. The molecule has 0 aliphatic heterocycles. The van der Waals surface area contributed by atoms with Crippen LogP contribution in [0.3, 0.4) is 0 Å². The SMILES string of the molecule is O=C(NCC1(O)CCCCCC1)c1cccc(Br)n1. The normalized spacial score (nSPS) is 18.6. The molecule has 0 radical (unpaired) electrons. The first-order valence-corrected chi connectivity index (χ1v) is 7.52. The first-order valence-electron chi connectivity index (χ1n) is 6.72. The summed E-state index contributed by atoms with van der Waals surface area (Å²) < 4.78 is 0.633. The molecule has 4 nitrogen and oxygen atoms in total. The molecule has 0 saturated heterocycles. The van der Waals surface area contributed by atoms with Crippen molar-refractivity contribution >= 4 is 21.8 Å². The lowest BCUT2D eigenvalue weighted by molar-refractivity contribution is 0.0246. The molecule has 2 N–H and O–H groups in total. The monoisotopic (exact) mass is 326 g/mol. The van der Waals surface area contributed by atoms with Gasteiger partial charge in [0, 0.05) is 6.54 Å². The van der Waals surface area contributed by atoms with E-state index in [9.17, 15) is 9.90 Å². The van der Waals surface area contributed by atoms with E-state index < -0.39 is 5.60 Å². The van der Waals surface area contributed by atoms with Gasteiger partial charge in [0.05, 0.1) is 5.60 Å². The second-order valence-corrected chi connectivity index (χ2v) is 5.98. The minimum Gasteiger partial charge on any atom is -0.388 e. The van der Waals surface area contributed by atoms with Gasteiger partial charge >= 0.3 is 0 Å². The van der Waals surface area contributed by atoms with Crippen LogP contribution in [-0.2, 0) is 0 Å². The van der Waals surface area contributed by atoms with Crippen LogP contribution in [0.25, 0.3) is 0 Å². The van der Waals surface area contributed by atoms with E-state index in [1.54, 1.807) is 18.2 Å². The van der Waals surface area contributed by atoms with E-state index in [1.807, 2.05) is 0 Å². The van der Waals surface area contributed by atoms with E-state index in [1.165, 1.54) is 12.8 Å². The first kappa shape index (κ1) is 14.5. The minimum atomic E-state index is -0.752. The molecule has 0 aromatic carbocycles. The average Bonchev–Trinajstić information content (AvgIpc) is 2.61. The summed E-state index contributed by atoms with van der Waals surface area (Å²) in [6.45, 7) is 0.306. The fraction of sp³-hybridized carbons (Fsp3) is 0.571. The molecule has 1 aliphatic rings. The van der Waals surface area contributed by atoms with Crippen molar-refractivity contribution in [3.63, 3.8) is 0 Å². The van der Waals surface area contributed by atoms with Crippen molar-refractivity contribution in [1.82, 2.24) is 10.3 Å². The number of carbonyl (C=O) groups is 1. The lowest BCUT2D eigenvalue weighted by Gasteiger charge is -2.26. The summed E-state index contributed by atoms with van der Waals surface area (Å²) >= 11 is 3.24. The number of rotatable bonds is 3. The number of pyridine rings is 1. The third-order valence-corrected chi connectivity index (χ3v) is 4.00. The zero-order chi connectivity index (χ0) is 13.7. The molecule has 0 atom stereocenters. The van der Waals surface area contributed by atoms with E-state index in [-0.39, 0.29) is 5.91 Å². The molecule has 1 aromatic heterocycles. The van der Waals surface area contributed by atoms with E-state index in [0.29, 0.717) is 16.8 Å². The molecule has 1 amide bonds. The van der Waals surface area contributed by atoms with E-state index in [2.05, 4.69) is 26.2 Å². The standard InChI is InChI=1S/C14H19BrN2O2/c15-12-7-5-6-11(17-12)13(18)16-10-14(19)8-3-1-2-4-9-14/h5-7,19H,1-4,8-10H2,(H,16,18). The molecule has 2 rings (SSSR count). The van der Waals surface area contributed by atoms with E-state index in [4.69, 9.17) is 0 Å². The Balaban J connectivity index is 1.92. The Morgan fingerprint density at radius 2 is 2.00 bits per heavy atom. The highest BCUT2D eigenvalue weighted by Crippen LogP contribution is 2.26. The topological polar surface area (TPSA) is 62.2 Å². The van der Waals surface area contributed by atoms with Gasteiger partial charge in [-0.25, -0.2) is 4.98 Å². The Hall–Kier alpha value is -0.940. The number of aromatic nitrogens is 1. The fourth-order valence-corrected chi connectivity index (χ4v) is 2.78. The summed E-state index contributed by atoms with van der Waals surface area (Å²) in [5.74, 6) is -0.237. The maximum atomic E-state index is 12.0. The highest BCUT2D eigenvalue weighted by molar-refractivity contribution is 9.10. The third kappa shape index (κ3) is 4.28. The average molecular weight is 327 g/mol. The van der Waals surface area contributed by atoms with Gasteiger partial charge < -0.3 is 10.4 Å². The van der Waals surface area contributed by atoms with Crippen LogP contribution in [0.15, 0.2) is 22.8 Å². The quantitative estimate of drug-likeness (QED) is 0.663. The summed E-state index contributed by atoms with van der Waals surface area (Å²) in [7, 11) is 0. The van der Waals surface area contributed by atoms with Gasteiger partial charge in [0.15, 0.2) is 0 Å². The Bertz CT molecular complexity index is 443. The van der Waals surface area contributed by atoms with Gasteiger partial charge in [0.1, 0.15) is 10.3 Å². The molecule has 1 saturated carbocycles. The fourth-order valence-electron chi connectivity index (χ4n) is 2.43. The molecular formula is C14H19BrN2O2. The molecule has 19 heavy (non-hydrogen) atoms. The molecule has 1 fully saturated rings. The van der Waals surface area contributed by atoms with Crippen molar-refractivity contribution < 1.29 is 9.90 Å². The van der Waals surface area contributed by atoms with Crippen LogP contribution >= 0.6 is 15.9 Å². The van der Waals surface area contributed by atoms with Crippen LogP contribution in [0, 0.1) is 0 Å². The van der Waals surface area contributed by atoms with Gasteiger partial charge in [-0.3, -0.25) is 4.79 Å². The Morgan fingerprint density at radius 1 is 1.32 bits per heavy atom. The van der Waals surface area contributed by atoms with Crippen molar-refractivity contribution in [2.45, 2.75) is 44.1 Å². The van der Waals surface area contributed by atoms with Gasteiger partial charge in [-0.1, -0.05) is 31.7 Å². The molecular weight excluding hydrogens is 308 g/mol. The summed E-state index contributed by atoms with van der Waals surface area (Å²) in [4.78, 5) is 16.1. The molecule has 1 aliphatic carbocycles. The maximum absolute atomic E-state index is 12.0. The van der Waals surface area contributed by atoms with Crippen LogP contribution in [0.4, 0.5) is 0 Å². The lowest BCUT2D eigenvalue weighted by atomic mass is 9.94. The summed E-state index contributed by atoms with van der Waals surface area (Å²) in [6, 6.07) is 5.21. The largest absolute Gasteiger partial charge is 0.388 e. The zero-order valence-corrected chi connectivity index (χ0v) is 12.4. The molecule has 0 spiro atoms. The van der Waals surface area contributed by atoms with Gasteiger partial charge in [-0.05, 0) is 40.9 Å². The lowest BCUT2D eigenvalue weighted by Crippen LogP contribution is -2.42. The van der Waals surface area contributed by atoms with Crippen LogP contribution < -0.4 is 5.32 Å². The van der Waals surface area contributed by atoms with Gasteiger partial charge in [-0.2, -0.15) is 0 Å². The van der Waals surface area contributed by atoms with Crippen molar-refractivity contribution in [2.75, 3.05) is 6.54 Å². The van der Waals surface area contributed by atoms with Gasteiger partial charge in [0.2, 0.25) is 0 Å². The second-order valence-electron chi connectivity index (χ2n) is 5.17. The number of nitrogens with one attached hydrogen (secondary N) is 1. The number of hydrogen-bond donors (Lipinski definition) is 2. The summed E-state index contributed by atoms with van der Waals surface area (Å²) in [5.41, 5.74) is -0.385. The number of halogens is 1.